The molecular weight excluding hydrogens is 237 g/mol. The molecule has 1 saturated carbocycles. The predicted octanol–water partition coefficient (Wildman–Crippen LogP) is 0.593. The van der Waals surface area contributed by atoms with Crippen LogP contribution in [0.5, 0.6) is 0 Å². The maximum absolute atomic E-state index is 11.4. The van der Waals surface area contributed by atoms with E-state index in [-0.39, 0.29) is 42.8 Å². The Morgan fingerprint density at radius 1 is 1.47 bits per heavy atom. The van der Waals surface area contributed by atoms with E-state index >= 15 is 0 Å². The number of carbonyl (C=O) groups excluding carboxylic acids is 1. The van der Waals surface area contributed by atoms with E-state index in [0.29, 0.717) is 6.54 Å². The lowest BCUT2D eigenvalue weighted by Gasteiger charge is -2.26. The maximum Gasteiger partial charge on any atom is 0.224 e. The summed E-state index contributed by atoms with van der Waals surface area (Å²) in [6.07, 6.45) is 3.00. The molecule has 0 aliphatic heterocycles. The second-order valence-electron chi connectivity index (χ2n) is 4.01. The Morgan fingerprint density at radius 2 is 2.00 bits per heavy atom. The first-order chi connectivity index (χ1) is 6.09. The van der Waals surface area contributed by atoms with Crippen LogP contribution in [0.3, 0.4) is 0 Å². The first kappa shape index (κ1) is 17.4. The van der Waals surface area contributed by atoms with Crippen LogP contribution in [0.1, 0.15) is 19.3 Å². The first-order valence-electron chi connectivity index (χ1n) is 4.80. The summed E-state index contributed by atoms with van der Waals surface area (Å²) in [5.74, 6) is 0.355. The summed E-state index contributed by atoms with van der Waals surface area (Å²) in [5.41, 5.74) is 5.72. The largest absolute Gasteiger partial charge is 0.339 e. The third kappa shape index (κ3) is 6.20. The second-order valence-corrected chi connectivity index (χ2v) is 4.01. The number of halogens is 2. The highest BCUT2D eigenvalue weighted by Gasteiger charge is 2.25. The number of amides is 1. The third-order valence-electron chi connectivity index (χ3n) is 2.37. The van der Waals surface area contributed by atoms with Crippen molar-refractivity contribution in [3.63, 3.8) is 0 Å². The standard InChI is InChI=1S/C9H19N3O.2ClH/c1-12(2)6-8(10)11-9(13)7-4-3-5-7;;/h7-8H,3-6,10H2,1-2H3,(H,11,13);2*1H. The van der Waals surface area contributed by atoms with Crippen LogP contribution in [0.4, 0.5) is 0 Å². The average Bonchev–Trinajstić information content (AvgIpc) is 1.78. The van der Waals surface area contributed by atoms with E-state index in [2.05, 4.69) is 5.32 Å². The molecule has 1 amide bonds. The average molecular weight is 258 g/mol. The number of hydrogen-bond donors (Lipinski definition) is 2. The van der Waals surface area contributed by atoms with Crippen LogP contribution < -0.4 is 11.1 Å². The molecule has 1 aliphatic rings. The van der Waals surface area contributed by atoms with E-state index in [1.165, 1.54) is 6.42 Å². The van der Waals surface area contributed by atoms with Gasteiger partial charge in [-0.3, -0.25) is 4.79 Å². The van der Waals surface area contributed by atoms with Crippen molar-refractivity contribution in [3.8, 4) is 0 Å². The topological polar surface area (TPSA) is 58.4 Å². The molecule has 0 heterocycles. The summed E-state index contributed by atoms with van der Waals surface area (Å²) in [4.78, 5) is 13.4. The van der Waals surface area contributed by atoms with Gasteiger partial charge < -0.3 is 16.0 Å². The summed E-state index contributed by atoms with van der Waals surface area (Å²) in [6.45, 7) is 0.693. The van der Waals surface area contributed by atoms with Gasteiger partial charge in [0.2, 0.25) is 5.91 Å². The molecule has 6 heteroatoms. The van der Waals surface area contributed by atoms with Crippen molar-refractivity contribution in [3.05, 3.63) is 0 Å². The van der Waals surface area contributed by atoms with Crippen molar-refractivity contribution in [2.24, 2.45) is 11.7 Å². The predicted molar refractivity (Wildman–Crippen MR) is 66.5 cm³/mol. The fourth-order valence-electron chi connectivity index (χ4n) is 1.41. The van der Waals surface area contributed by atoms with Crippen LogP contribution in [0, 0.1) is 5.92 Å². The molecule has 0 aromatic heterocycles. The Morgan fingerprint density at radius 3 is 2.33 bits per heavy atom. The van der Waals surface area contributed by atoms with E-state index in [0.717, 1.165) is 12.8 Å². The van der Waals surface area contributed by atoms with Crippen LogP contribution in [-0.2, 0) is 4.79 Å². The van der Waals surface area contributed by atoms with E-state index in [1.807, 2.05) is 19.0 Å². The van der Waals surface area contributed by atoms with Gasteiger partial charge in [-0.1, -0.05) is 6.42 Å². The van der Waals surface area contributed by atoms with Gasteiger partial charge in [-0.15, -0.1) is 24.8 Å². The van der Waals surface area contributed by atoms with E-state index in [1.54, 1.807) is 0 Å². The Labute approximate surface area is 104 Å². The Hall–Kier alpha value is -0.0300. The zero-order chi connectivity index (χ0) is 9.84. The highest BCUT2D eigenvalue weighted by molar-refractivity contribution is 5.85. The zero-order valence-corrected chi connectivity index (χ0v) is 10.9. The van der Waals surface area contributed by atoms with Crippen LogP contribution in [0.25, 0.3) is 0 Å². The zero-order valence-electron chi connectivity index (χ0n) is 9.23. The summed E-state index contributed by atoms with van der Waals surface area (Å²) < 4.78 is 0. The van der Waals surface area contributed by atoms with Crippen LogP contribution >= 0.6 is 24.8 Å². The SMILES string of the molecule is CN(C)CC(N)NC(=O)C1CCC1.Cl.Cl. The molecule has 1 unspecified atom stereocenters. The molecule has 0 aromatic rings. The highest BCUT2D eigenvalue weighted by Crippen LogP contribution is 2.26. The minimum absolute atomic E-state index is 0. The quantitative estimate of drug-likeness (QED) is 0.726. The van der Waals surface area contributed by atoms with Gasteiger partial charge in [0.05, 0.1) is 6.17 Å². The fraction of sp³-hybridized carbons (Fsp3) is 0.889. The van der Waals surface area contributed by atoms with Crippen molar-refractivity contribution in [1.82, 2.24) is 10.2 Å². The van der Waals surface area contributed by atoms with Gasteiger partial charge in [0, 0.05) is 12.5 Å². The fourth-order valence-corrected chi connectivity index (χ4v) is 1.41. The number of likely N-dealkylation sites (N-methyl/N-ethyl adjacent to an activating group) is 1. The summed E-state index contributed by atoms with van der Waals surface area (Å²) in [6, 6.07) is 0. The van der Waals surface area contributed by atoms with Gasteiger partial charge in [0.1, 0.15) is 0 Å². The monoisotopic (exact) mass is 257 g/mol. The molecule has 1 rings (SSSR count). The molecular formula is C9H21Cl2N3O. The molecule has 92 valence electrons. The molecule has 0 saturated heterocycles. The lowest BCUT2D eigenvalue weighted by atomic mass is 9.85. The Kier molecular flexibility index (Phi) is 9.45. The Bertz CT molecular complexity index is 186. The van der Waals surface area contributed by atoms with Gasteiger partial charge in [-0.25, -0.2) is 0 Å². The van der Waals surface area contributed by atoms with Crippen molar-refractivity contribution in [2.45, 2.75) is 25.4 Å². The summed E-state index contributed by atoms with van der Waals surface area (Å²) in [7, 11) is 3.88. The molecule has 3 N–H and O–H groups in total. The molecule has 1 atom stereocenters. The molecule has 1 aliphatic carbocycles. The Balaban J connectivity index is 0. The second kappa shape index (κ2) is 8.16. The smallest absolute Gasteiger partial charge is 0.224 e. The number of hydrogen-bond acceptors (Lipinski definition) is 3. The van der Waals surface area contributed by atoms with E-state index in [4.69, 9.17) is 5.73 Å². The van der Waals surface area contributed by atoms with Gasteiger partial charge in [-0.05, 0) is 26.9 Å². The molecule has 1 fully saturated rings. The van der Waals surface area contributed by atoms with Crippen molar-refractivity contribution in [2.75, 3.05) is 20.6 Å². The van der Waals surface area contributed by atoms with Gasteiger partial charge in [0.15, 0.2) is 0 Å². The minimum Gasteiger partial charge on any atom is -0.339 e. The summed E-state index contributed by atoms with van der Waals surface area (Å²) in [5, 5.41) is 2.81. The third-order valence-corrected chi connectivity index (χ3v) is 2.37. The van der Waals surface area contributed by atoms with Crippen molar-refractivity contribution < 1.29 is 4.79 Å². The molecule has 0 aromatic carbocycles. The lowest BCUT2D eigenvalue weighted by Crippen LogP contribution is -2.50. The van der Waals surface area contributed by atoms with E-state index < -0.39 is 0 Å². The first-order valence-corrected chi connectivity index (χ1v) is 4.80. The minimum atomic E-state index is -0.233. The number of rotatable bonds is 4. The van der Waals surface area contributed by atoms with E-state index in [9.17, 15) is 4.79 Å². The van der Waals surface area contributed by atoms with Crippen molar-refractivity contribution >= 4 is 30.7 Å². The van der Waals surface area contributed by atoms with Gasteiger partial charge >= 0.3 is 0 Å². The lowest BCUT2D eigenvalue weighted by molar-refractivity contribution is -0.128. The summed E-state index contributed by atoms with van der Waals surface area (Å²) >= 11 is 0. The highest BCUT2D eigenvalue weighted by atomic mass is 35.5. The molecule has 0 bridgehead atoms. The van der Waals surface area contributed by atoms with Crippen LogP contribution in [-0.4, -0.2) is 37.6 Å². The van der Waals surface area contributed by atoms with Gasteiger partial charge in [0.25, 0.3) is 0 Å². The maximum atomic E-state index is 11.4. The number of nitrogens with zero attached hydrogens (tertiary/aromatic N) is 1. The number of carbonyl (C=O) groups is 1. The molecule has 15 heavy (non-hydrogen) atoms. The van der Waals surface area contributed by atoms with Crippen molar-refractivity contribution in [1.29, 1.82) is 0 Å². The van der Waals surface area contributed by atoms with Crippen LogP contribution in [0.15, 0.2) is 0 Å². The number of nitrogens with two attached hydrogens (primary N) is 1. The molecule has 0 spiro atoms. The number of nitrogens with one attached hydrogen (secondary N) is 1. The molecule has 0 radical (unpaired) electrons. The normalized spacial score (nSPS) is 17.1. The molecule has 4 nitrogen and oxygen atoms in total. The van der Waals surface area contributed by atoms with Crippen LogP contribution in [0.2, 0.25) is 0 Å². The van der Waals surface area contributed by atoms with Gasteiger partial charge in [-0.2, -0.15) is 0 Å².